The molecular formula is C36H48N6O6S3. The number of ether oxygens (including phenoxy) is 1. The van der Waals surface area contributed by atoms with Gasteiger partial charge in [-0.3, -0.25) is 19.1 Å². The number of anilines is 1. The van der Waals surface area contributed by atoms with Crippen molar-refractivity contribution in [2.75, 3.05) is 11.9 Å². The zero-order chi connectivity index (χ0) is 36.2. The molecule has 3 aromatic rings. The maximum absolute atomic E-state index is 14.6. The quantitative estimate of drug-likeness (QED) is 0.283. The van der Waals surface area contributed by atoms with E-state index in [0.717, 1.165) is 48.0 Å². The lowest BCUT2D eigenvalue weighted by atomic mass is 9.93. The molecule has 0 bridgehead atoms. The number of sulfonamides is 1. The van der Waals surface area contributed by atoms with Gasteiger partial charge >= 0.3 is 0 Å². The summed E-state index contributed by atoms with van der Waals surface area (Å²) in [4.78, 5) is 53.8. The fraction of sp³-hybridized carbons (Fsp3) is 0.639. The van der Waals surface area contributed by atoms with Crippen LogP contribution in [0.2, 0.25) is 0 Å². The lowest BCUT2D eigenvalue weighted by Crippen LogP contribution is -2.58. The highest BCUT2D eigenvalue weighted by molar-refractivity contribution is 7.91. The third-order valence-corrected chi connectivity index (χ3v) is 14.9. The zero-order valence-electron chi connectivity index (χ0n) is 29.7. The summed E-state index contributed by atoms with van der Waals surface area (Å²) >= 11 is 2.87. The second-order valence-electron chi connectivity index (χ2n) is 16.0. The number of nitrogens with zero attached hydrogens (tertiary/aromatic N) is 3. The van der Waals surface area contributed by atoms with Gasteiger partial charge in [0.2, 0.25) is 21.8 Å². The molecule has 4 heterocycles. The smallest absolute Gasteiger partial charge is 0.274 e. The van der Waals surface area contributed by atoms with Crippen molar-refractivity contribution in [2.45, 2.75) is 132 Å². The number of thiazole rings is 2. The maximum atomic E-state index is 14.6. The van der Waals surface area contributed by atoms with Crippen LogP contribution in [0.1, 0.15) is 104 Å². The van der Waals surface area contributed by atoms with Crippen LogP contribution in [-0.4, -0.2) is 76.0 Å². The topological polar surface area (TPSA) is 160 Å². The first kappa shape index (κ1) is 36.1. The monoisotopic (exact) mass is 756 g/mol. The molecule has 2 saturated carbocycles. The molecular weight excluding hydrogens is 709 g/mol. The van der Waals surface area contributed by atoms with E-state index in [0.29, 0.717) is 42.4 Å². The Kier molecular flexibility index (Phi) is 9.62. The predicted molar refractivity (Wildman–Crippen MR) is 198 cm³/mol. The molecule has 2 aliphatic carbocycles. The van der Waals surface area contributed by atoms with Crippen molar-refractivity contribution in [3.63, 3.8) is 0 Å². The second kappa shape index (κ2) is 13.6. The standard InChI is InChI=1S/C36H48N6O6S3/c1-34(2,3)28-21-49-32(39-28)37-25-14-9-7-5-6-8-12-22-19-36(22,31(45)41-51(46,47)35(4)16-17-35)40-29(43)26-18-23(20-42(26)30(25)44)48-33-38-24-13-10-11-15-27(24)50-33/h10-11,13,15,21-23,25-26H,5-9,12,14,16-20H2,1-4H3,(H,37,39)(H,40,43)(H,41,45)/t22-,23-,25+,26+,36-/m1/s1. The summed E-state index contributed by atoms with van der Waals surface area (Å²) in [6, 6.07) is 6.17. The third-order valence-electron chi connectivity index (χ3n) is 11.0. The van der Waals surface area contributed by atoms with Crippen LogP contribution in [0.3, 0.4) is 0 Å². The molecule has 0 radical (unpaired) electrons. The molecule has 4 aliphatic rings. The van der Waals surface area contributed by atoms with Crippen molar-refractivity contribution in [3.8, 4) is 5.19 Å². The summed E-state index contributed by atoms with van der Waals surface area (Å²) in [6.45, 7) is 8.08. The maximum Gasteiger partial charge on any atom is 0.274 e. The summed E-state index contributed by atoms with van der Waals surface area (Å²) in [5.41, 5.74) is 0.245. The lowest BCUT2D eigenvalue weighted by Gasteiger charge is -2.30. The largest absolute Gasteiger partial charge is 0.465 e. The number of fused-ring (bicyclic) bond motifs is 3. The van der Waals surface area contributed by atoms with Crippen molar-refractivity contribution in [2.24, 2.45) is 5.92 Å². The Hall–Kier alpha value is -3.30. The van der Waals surface area contributed by atoms with Crippen LogP contribution in [0.25, 0.3) is 10.2 Å². The van der Waals surface area contributed by atoms with E-state index in [1.807, 2.05) is 29.6 Å². The van der Waals surface area contributed by atoms with Crippen LogP contribution < -0.4 is 20.1 Å². The van der Waals surface area contributed by atoms with Crippen LogP contribution in [0.15, 0.2) is 29.6 Å². The lowest BCUT2D eigenvalue weighted by molar-refractivity contribution is -0.140. The molecule has 2 saturated heterocycles. The number of hydrogen-bond acceptors (Lipinski definition) is 11. The van der Waals surface area contributed by atoms with Crippen molar-refractivity contribution in [1.82, 2.24) is 24.9 Å². The number of hydrogen-bond donors (Lipinski definition) is 3. The Balaban J connectivity index is 1.17. The fourth-order valence-electron chi connectivity index (χ4n) is 7.23. The van der Waals surface area contributed by atoms with Crippen LogP contribution >= 0.6 is 22.7 Å². The number of para-hydroxylation sites is 1. The molecule has 15 heteroatoms. The van der Waals surface area contributed by atoms with Gasteiger partial charge in [0.05, 0.1) is 27.2 Å². The normalized spacial score (nSPS) is 28.5. The number of carbonyl (C=O) groups is 3. The number of nitrogens with one attached hydrogen (secondary N) is 3. The van der Waals surface area contributed by atoms with E-state index in [9.17, 15) is 22.8 Å². The molecule has 3 amide bonds. The first-order valence-electron chi connectivity index (χ1n) is 18.1. The molecule has 4 fully saturated rings. The minimum absolute atomic E-state index is 0.149. The Morgan fingerprint density at radius 3 is 2.49 bits per heavy atom. The van der Waals surface area contributed by atoms with E-state index in [-0.39, 0.29) is 30.2 Å². The Labute approximate surface area is 307 Å². The van der Waals surface area contributed by atoms with Gasteiger partial charge in [-0.1, -0.05) is 76.3 Å². The summed E-state index contributed by atoms with van der Waals surface area (Å²) in [6.07, 6.45) is 6.83. The molecule has 1 aromatic carbocycles. The van der Waals surface area contributed by atoms with Gasteiger partial charge in [0, 0.05) is 17.2 Å². The first-order chi connectivity index (χ1) is 24.2. The van der Waals surface area contributed by atoms with Crippen LogP contribution in [0.4, 0.5) is 5.13 Å². The van der Waals surface area contributed by atoms with Gasteiger partial charge in [0.25, 0.3) is 11.1 Å². The van der Waals surface area contributed by atoms with E-state index in [4.69, 9.17) is 9.72 Å². The van der Waals surface area contributed by atoms with Gasteiger partial charge in [-0.05, 0) is 57.1 Å². The number of carbonyl (C=O) groups excluding carboxylic acids is 3. The van der Waals surface area contributed by atoms with Crippen molar-refractivity contribution in [3.05, 3.63) is 35.3 Å². The van der Waals surface area contributed by atoms with Crippen LogP contribution in [0.5, 0.6) is 5.19 Å². The van der Waals surface area contributed by atoms with Gasteiger partial charge in [0.15, 0.2) is 5.13 Å². The number of aromatic nitrogens is 2. The van der Waals surface area contributed by atoms with E-state index in [1.165, 1.54) is 22.7 Å². The van der Waals surface area contributed by atoms with Gasteiger partial charge in [-0.2, -0.15) is 0 Å². The highest BCUT2D eigenvalue weighted by Crippen LogP contribution is 2.49. The molecule has 276 valence electrons. The highest BCUT2D eigenvalue weighted by atomic mass is 32.2. The molecule has 0 spiro atoms. The van der Waals surface area contributed by atoms with Gasteiger partial charge in [-0.25, -0.2) is 18.4 Å². The molecule has 51 heavy (non-hydrogen) atoms. The summed E-state index contributed by atoms with van der Waals surface area (Å²) < 4.78 is 34.9. The number of rotatable bonds is 7. The van der Waals surface area contributed by atoms with Gasteiger partial charge in [-0.15, -0.1) is 11.3 Å². The fourth-order valence-corrected chi connectivity index (χ4v) is 10.4. The van der Waals surface area contributed by atoms with Crippen molar-refractivity contribution in [1.29, 1.82) is 0 Å². The van der Waals surface area contributed by atoms with E-state index < -0.39 is 50.3 Å². The second-order valence-corrected chi connectivity index (χ2v) is 20.1. The molecule has 2 aliphatic heterocycles. The number of benzene rings is 1. The SMILES string of the molecule is CC(C)(C)c1csc(N[C@H]2CCCCCCC[C@@H]3C[C@@]3(C(=O)NS(=O)(=O)C3(C)CC3)NC(=O)[C@@H]3C[C@@H](Oc4nc5ccccc5s4)CN3C2=O)n1. The molecule has 5 atom stereocenters. The highest BCUT2D eigenvalue weighted by Gasteiger charge is 2.63. The summed E-state index contributed by atoms with van der Waals surface area (Å²) in [5, 5.41) is 9.54. The average molecular weight is 757 g/mol. The Morgan fingerprint density at radius 2 is 1.78 bits per heavy atom. The van der Waals surface area contributed by atoms with E-state index in [2.05, 4.69) is 41.1 Å². The number of amides is 3. The van der Waals surface area contributed by atoms with E-state index >= 15 is 0 Å². The Morgan fingerprint density at radius 1 is 1.06 bits per heavy atom. The Bertz CT molecular complexity index is 1880. The molecule has 2 aromatic heterocycles. The summed E-state index contributed by atoms with van der Waals surface area (Å²) in [7, 11) is -3.91. The summed E-state index contributed by atoms with van der Waals surface area (Å²) in [5.74, 6) is -1.59. The first-order valence-corrected chi connectivity index (χ1v) is 21.3. The minimum atomic E-state index is -3.91. The minimum Gasteiger partial charge on any atom is -0.465 e. The molecule has 12 nitrogen and oxygen atoms in total. The molecule has 3 N–H and O–H groups in total. The van der Waals surface area contributed by atoms with E-state index in [1.54, 1.807) is 11.8 Å². The van der Waals surface area contributed by atoms with Gasteiger partial charge in [0.1, 0.15) is 23.7 Å². The molecule has 7 rings (SSSR count). The molecule has 0 unspecified atom stereocenters. The van der Waals surface area contributed by atoms with Crippen LogP contribution in [-0.2, 0) is 29.8 Å². The zero-order valence-corrected chi connectivity index (χ0v) is 32.1. The van der Waals surface area contributed by atoms with Gasteiger partial charge < -0.3 is 20.3 Å². The third kappa shape index (κ3) is 7.48. The van der Waals surface area contributed by atoms with Crippen molar-refractivity contribution >= 4 is 65.8 Å². The van der Waals surface area contributed by atoms with Crippen LogP contribution in [0, 0.1) is 5.92 Å². The predicted octanol–water partition coefficient (Wildman–Crippen LogP) is 5.50. The average Bonchev–Trinajstić information content (AvgIpc) is 3.73. The van der Waals surface area contributed by atoms with Crippen molar-refractivity contribution < 1.29 is 27.5 Å².